The minimum atomic E-state index is -0.201. The summed E-state index contributed by atoms with van der Waals surface area (Å²) in [5.74, 6) is 1.16. The number of nitrogens with two attached hydrogens (primary N) is 1. The fraction of sp³-hybridized carbons (Fsp3) is 0.462. The molecule has 0 radical (unpaired) electrons. The number of ether oxygens (including phenoxy) is 3. The number of hydrogen-bond acceptors (Lipinski definition) is 5. The lowest BCUT2D eigenvalue weighted by molar-refractivity contribution is 0.0952. The summed E-state index contributed by atoms with van der Waals surface area (Å²) in [6, 6.07) is 3.22. The Balaban J connectivity index is 2.98. The Morgan fingerprint density at radius 2 is 1.74 bits per heavy atom. The Labute approximate surface area is 112 Å². The molecule has 0 aliphatic rings. The van der Waals surface area contributed by atoms with Crippen LogP contribution in [-0.4, -0.2) is 40.3 Å². The third kappa shape index (κ3) is 3.75. The van der Waals surface area contributed by atoms with Gasteiger partial charge in [-0.15, -0.1) is 0 Å². The van der Waals surface area contributed by atoms with Crippen molar-refractivity contribution in [3.63, 3.8) is 0 Å². The van der Waals surface area contributed by atoms with E-state index in [0.29, 0.717) is 35.9 Å². The van der Waals surface area contributed by atoms with E-state index in [1.165, 1.54) is 21.3 Å². The molecule has 0 fully saturated rings. The SMILES string of the molecule is COc1cc(C(=O)NCCCN)cc(OC)c1OC. The van der Waals surface area contributed by atoms with E-state index < -0.39 is 0 Å². The first-order valence-electron chi connectivity index (χ1n) is 5.96. The standard InChI is InChI=1S/C13H20N2O4/c1-17-10-7-9(13(16)15-6-4-5-14)8-11(18-2)12(10)19-3/h7-8H,4-6,14H2,1-3H3,(H,15,16). The predicted octanol–water partition coefficient (Wildman–Crippen LogP) is 0.791. The van der Waals surface area contributed by atoms with Crippen molar-refractivity contribution >= 4 is 5.91 Å². The number of carbonyl (C=O) groups is 1. The van der Waals surface area contributed by atoms with Gasteiger partial charge in [0, 0.05) is 12.1 Å². The maximum Gasteiger partial charge on any atom is 0.251 e. The number of amides is 1. The Hall–Kier alpha value is -1.95. The fourth-order valence-electron chi connectivity index (χ4n) is 1.62. The fourth-order valence-corrected chi connectivity index (χ4v) is 1.62. The summed E-state index contributed by atoms with van der Waals surface area (Å²) in [7, 11) is 4.53. The van der Waals surface area contributed by atoms with E-state index >= 15 is 0 Å². The van der Waals surface area contributed by atoms with Gasteiger partial charge in [-0.1, -0.05) is 0 Å². The summed E-state index contributed by atoms with van der Waals surface area (Å²) in [5, 5.41) is 2.77. The average Bonchev–Trinajstić information content (AvgIpc) is 2.45. The summed E-state index contributed by atoms with van der Waals surface area (Å²) in [6.07, 6.45) is 0.732. The maximum atomic E-state index is 12.0. The van der Waals surface area contributed by atoms with Crippen molar-refractivity contribution in [2.75, 3.05) is 34.4 Å². The molecule has 0 aliphatic carbocycles. The normalized spacial score (nSPS) is 9.89. The van der Waals surface area contributed by atoms with Crippen LogP contribution < -0.4 is 25.3 Å². The molecular formula is C13H20N2O4. The number of nitrogens with one attached hydrogen (secondary N) is 1. The Bertz CT molecular complexity index is 410. The smallest absolute Gasteiger partial charge is 0.251 e. The van der Waals surface area contributed by atoms with Gasteiger partial charge in [-0.3, -0.25) is 4.79 Å². The minimum Gasteiger partial charge on any atom is -0.493 e. The van der Waals surface area contributed by atoms with Gasteiger partial charge in [0.05, 0.1) is 21.3 Å². The molecule has 0 heterocycles. The first-order chi connectivity index (χ1) is 9.17. The van der Waals surface area contributed by atoms with Gasteiger partial charge in [-0.2, -0.15) is 0 Å². The quantitative estimate of drug-likeness (QED) is 0.714. The van der Waals surface area contributed by atoms with E-state index in [0.717, 1.165) is 6.42 Å². The zero-order valence-electron chi connectivity index (χ0n) is 11.5. The first kappa shape index (κ1) is 15.1. The number of methoxy groups -OCH3 is 3. The van der Waals surface area contributed by atoms with E-state index in [1.807, 2.05) is 0 Å². The van der Waals surface area contributed by atoms with Gasteiger partial charge in [-0.25, -0.2) is 0 Å². The van der Waals surface area contributed by atoms with Gasteiger partial charge in [0.1, 0.15) is 0 Å². The number of hydrogen-bond donors (Lipinski definition) is 2. The van der Waals surface area contributed by atoms with Crippen LogP contribution in [-0.2, 0) is 0 Å². The zero-order chi connectivity index (χ0) is 14.3. The molecule has 19 heavy (non-hydrogen) atoms. The van der Waals surface area contributed by atoms with Crippen LogP contribution in [0.3, 0.4) is 0 Å². The van der Waals surface area contributed by atoms with E-state index in [2.05, 4.69) is 5.32 Å². The van der Waals surface area contributed by atoms with Crippen LogP contribution in [0.4, 0.5) is 0 Å². The zero-order valence-corrected chi connectivity index (χ0v) is 11.5. The number of rotatable bonds is 7. The van der Waals surface area contributed by atoms with E-state index in [-0.39, 0.29) is 5.91 Å². The van der Waals surface area contributed by atoms with Crippen molar-refractivity contribution in [1.29, 1.82) is 0 Å². The molecule has 3 N–H and O–H groups in total. The van der Waals surface area contributed by atoms with Crippen LogP contribution in [0.2, 0.25) is 0 Å². The second kappa shape index (κ2) is 7.48. The largest absolute Gasteiger partial charge is 0.493 e. The summed E-state index contributed by atoms with van der Waals surface area (Å²) in [5.41, 5.74) is 5.83. The Morgan fingerprint density at radius 1 is 1.16 bits per heavy atom. The molecule has 6 nitrogen and oxygen atoms in total. The lowest BCUT2D eigenvalue weighted by atomic mass is 10.1. The second-order valence-electron chi connectivity index (χ2n) is 3.81. The van der Waals surface area contributed by atoms with Gasteiger partial charge < -0.3 is 25.3 Å². The van der Waals surface area contributed by atoms with Crippen molar-refractivity contribution < 1.29 is 19.0 Å². The molecule has 0 saturated carbocycles. The van der Waals surface area contributed by atoms with Crippen LogP contribution in [0.15, 0.2) is 12.1 Å². The summed E-state index contributed by atoms with van der Waals surface area (Å²) < 4.78 is 15.6. The molecule has 6 heteroatoms. The molecule has 1 aromatic carbocycles. The second-order valence-corrected chi connectivity index (χ2v) is 3.81. The molecular weight excluding hydrogens is 248 g/mol. The van der Waals surface area contributed by atoms with Gasteiger partial charge >= 0.3 is 0 Å². The summed E-state index contributed by atoms with van der Waals surface area (Å²) in [4.78, 5) is 12.0. The van der Waals surface area contributed by atoms with Crippen LogP contribution in [0, 0.1) is 0 Å². The number of carbonyl (C=O) groups excluding carboxylic acids is 1. The van der Waals surface area contributed by atoms with Gasteiger partial charge in [0.25, 0.3) is 5.91 Å². The molecule has 0 aliphatic heterocycles. The highest BCUT2D eigenvalue weighted by molar-refractivity contribution is 5.95. The third-order valence-corrected chi connectivity index (χ3v) is 2.59. The first-order valence-corrected chi connectivity index (χ1v) is 5.96. The van der Waals surface area contributed by atoms with Crippen molar-refractivity contribution in [3.8, 4) is 17.2 Å². The molecule has 0 unspecified atom stereocenters. The topological polar surface area (TPSA) is 82.8 Å². The molecule has 1 amide bonds. The Kier molecular flexibility index (Phi) is 5.95. The highest BCUT2D eigenvalue weighted by Gasteiger charge is 2.16. The highest BCUT2D eigenvalue weighted by Crippen LogP contribution is 2.38. The van der Waals surface area contributed by atoms with Gasteiger partial charge in [0.2, 0.25) is 5.75 Å². The van der Waals surface area contributed by atoms with Crippen molar-refractivity contribution in [1.82, 2.24) is 5.32 Å². The van der Waals surface area contributed by atoms with Gasteiger partial charge in [0.15, 0.2) is 11.5 Å². The van der Waals surface area contributed by atoms with Crippen LogP contribution in [0.1, 0.15) is 16.8 Å². The molecule has 0 atom stereocenters. The van der Waals surface area contributed by atoms with E-state index in [4.69, 9.17) is 19.9 Å². The molecule has 0 bridgehead atoms. The number of benzene rings is 1. The minimum absolute atomic E-state index is 0.201. The lowest BCUT2D eigenvalue weighted by Gasteiger charge is -2.14. The van der Waals surface area contributed by atoms with Crippen LogP contribution in [0.25, 0.3) is 0 Å². The summed E-state index contributed by atoms with van der Waals surface area (Å²) in [6.45, 7) is 1.07. The maximum absolute atomic E-state index is 12.0. The Morgan fingerprint density at radius 3 is 2.16 bits per heavy atom. The van der Waals surface area contributed by atoms with E-state index in [9.17, 15) is 4.79 Å². The highest BCUT2D eigenvalue weighted by atomic mass is 16.5. The molecule has 0 spiro atoms. The summed E-state index contributed by atoms with van der Waals surface area (Å²) >= 11 is 0. The van der Waals surface area contributed by atoms with Crippen molar-refractivity contribution in [3.05, 3.63) is 17.7 Å². The van der Waals surface area contributed by atoms with Crippen LogP contribution in [0.5, 0.6) is 17.2 Å². The molecule has 1 aromatic rings. The predicted molar refractivity (Wildman–Crippen MR) is 72.1 cm³/mol. The van der Waals surface area contributed by atoms with Crippen molar-refractivity contribution in [2.24, 2.45) is 5.73 Å². The molecule has 106 valence electrons. The van der Waals surface area contributed by atoms with Gasteiger partial charge in [-0.05, 0) is 25.1 Å². The monoisotopic (exact) mass is 268 g/mol. The molecule has 0 aromatic heterocycles. The molecule has 0 saturated heterocycles. The molecule has 1 rings (SSSR count). The lowest BCUT2D eigenvalue weighted by Crippen LogP contribution is -2.26. The van der Waals surface area contributed by atoms with E-state index in [1.54, 1.807) is 12.1 Å². The third-order valence-electron chi connectivity index (χ3n) is 2.59. The van der Waals surface area contributed by atoms with Crippen LogP contribution >= 0.6 is 0 Å². The average molecular weight is 268 g/mol. The van der Waals surface area contributed by atoms with Crippen molar-refractivity contribution in [2.45, 2.75) is 6.42 Å².